The highest BCUT2D eigenvalue weighted by Crippen LogP contribution is 2.43. The van der Waals surface area contributed by atoms with Gasteiger partial charge in [-0.15, -0.1) is 0 Å². The summed E-state index contributed by atoms with van der Waals surface area (Å²) in [4.78, 5) is 26.9. The predicted molar refractivity (Wildman–Crippen MR) is 218 cm³/mol. The zero-order valence-electron chi connectivity index (χ0n) is 29.7. The maximum atomic E-state index is 13.7. The first-order valence-electron chi connectivity index (χ1n) is 18.0. The zero-order valence-corrected chi connectivity index (χ0v) is 33.5. The molecule has 0 aliphatic heterocycles. The minimum Gasteiger partial charge on any atom is -0.351 e. The maximum absolute atomic E-state index is 13.7. The molecule has 10 nitrogen and oxygen atoms in total. The van der Waals surface area contributed by atoms with Gasteiger partial charge in [-0.2, -0.15) is 18.6 Å². The molecule has 15 heteroatoms. The highest BCUT2D eigenvalue weighted by Gasteiger charge is 2.33. The zero-order chi connectivity index (χ0) is 39.3. The maximum Gasteiger partial charge on any atom is 0.294 e. The van der Waals surface area contributed by atoms with Crippen molar-refractivity contribution in [2.45, 2.75) is 56.3 Å². The molecule has 0 saturated carbocycles. The Morgan fingerprint density at radius 1 is 0.679 bits per heavy atom. The number of nitrogens with one attached hydrogen (secondary N) is 1. The van der Waals surface area contributed by atoms with Gasteiger partial charge in [0.1, 0.15) is 5.69 Å². The van der Waals surface area contributed by atoms with Gasteiger partial charge in [0.2, 0.25) is 0 Å². The van der Waals surface area contributed by atoms with E-state index < -0.39 is 10.1 Å². The number of benzene rings is 4. The molecule has 6 aromatic rings. The van der Waals surface area contributed by atoms with Crippen molar-refractivity contribution >= 4 is 68.2 Å². The van der Waals surface area contributed by atoms with Crippen LogP contribution < -0.4 is 5.32 Å². The molecule has 4 aromatic carbocycles. The number of unbranched alkanes of at least 4 members (excludes halogenated alkanes) is 4. The van der Waals surface area contributed by atoms with Gasteiger partial charge < -0.3 is 5.32 Å². The first-order chi connectivity index (χ1) is 26.9. The van der Waals surface area contributed by atoms with E-state index in [1.165, 1.54) is 12.1 Å². The summed E-state index contributed by atoms with van der Waals surface area (Å²) in [6.45, 7) is 0.477. The van der Waals surface area contributed by atoms with E-state index in [0.717, 1.165) is 53.6 Å². The van der Waals surface area contributed by atoms with E-state index in [4.69, 9.17) is 56.6 Å². The van der Waals surface area contributed by atoms with E-state index >= 15 is 0 Å². The Morgan fingerprint density at radius 2 is 1.25 bits per heavy atom. The molecular formula is C41H33Cl4N5O5S. The minimum absolute atomic E-state index is 0.130. The molecule has 0 atom stereocenters. The summed E-state index contributed by atoms with van der Waals surface area (Å²) in [5.74, 6) is -0.374. The second-order valence-corrected chi connectivity index (χ2v) is 17.0. The molecule has 0 fully saturated rings. The molecule has 8 rings (SSSR count). The lowest BCUT2D eigenvalue weighted by atomic mass is 10.0. The van der Waals surface area contributed by atoms with Crippen molar-refractivity contribution in [2.24, 2.45) is 0 Å². The second kappa shape index (κ2) is 15.5. The lowest BCUT2D eigenvalue weighted by Gasteiger charge is -2.10. The third-order valence-electron chi connectivity index (χ3n) is 10.2. The SMILES string of the molecule is O=C(CCCCCCCNC(=O)c1nn(-c2ccc(Cl)cc2Cl)c2c1Cc1ccccc1-2)c1nn(-c2ccc(Cl)cc2Cl)c2c1Cc1ccc(S(=O)(=O)O)cc1-2. The molecule has 2 aromatic heterocycles. The van der Waals surface area contributed by atoms with Crippen molar-refractivity contribution in [1.29, 1.82) is 0 Å². The topological polar surface area (TPSA) is 136 Å². The summed E-state index contributed by atoms with van der Waals surface area (Å²) < 4.78 is 37.0. The van der Waals surface area contributed by atoms with Crippen LogP contribution in [0.25, 0.3) is 33.9 Å². The molecule has 286 valence electrons. The van der Waals surface area contributed by atoms with Gasteiger partial charge in [-0.25, -0.2) is 9.36 Å². The van der Waals surface area contributed by atoms with Crippen molar-refractivity contribution in [3.63, 3.8) is 0 Å². The molecule has 0 radical (unpaired) electrons. The highest BCUT2D eigenvalue weighted by atomic mass is 35.5. The van der Waals surface area contributed by atoms with Crippen LogP contribution in [-0.4, -0.2) is 50.8 Å². The average molecular weight is 850 g/mol. The van der Waals surface area contributed by atoms with Crippen LogP contribution in [0.2, 0.25) is 20.1 Å². The smallest absolute Gasteiger partial charge is 0.294 e. The van der Waals surface area contributed by atoms with Crippen LogP contribution in [0.4, 0.5) is 0 Å². The number of carbonyl (C=O) groups is 2. The molecule has 0 saturated heterocycles. The van der Waals surface area contributed by atoms with E-state index in [2.05, 4.69) is 11.4 Å². The Hall–Kier alpha value is -4.49. The Balaban J connectivity index is 0.887. The van der Waals surface area contributed by atoms with Gasteiger partial charge in [0.05, 0.1) is 37.7 Å². The summed E-state index contributed by atoms with van der Waals surface area (Å²) in [5, 5.41) is 14.2. The molecule has 2 N–H and O–H groups in total. The van der Waals surface area contributed by atoms with Crippen LogP contribution in [0, 0.1) is 0 Å². The molecule has 2 aliphatic rings. The minimum atomic E-state index is -4.46. The van der Waals surface area contributed by atoms with Gasteiger partial charge in [0.25, 0.3) is 16.0 Å². The van der Waals surface area contributed by atoms with Crippen LogP contribution in [0.5, 0.6) is 0 Å². The fraction of sp³-hybridized carbons (Fsp3) is 0.220. The number of ketones is 1. The summed E-state index contributed by atoms with van der Waals surface area (Å²) in [7, 11) is -4.46. The van der Waals surface area contributed by atoms with Crippen LogP contribution in [0.3, 0.4) is 0 Å². The number of Topliss-reactive ketones (excluding diaryl/α,β-unsaturated/α-hetero) is 1. The van der Waals surface area contributed by atoms with Gasteiger partial charge >= 0.3 is 0 Å². The average Bonchev–Trinajstić information content (AvgIpc) is 3.91. The molecule has 0 spiro atoms. The molecule has 0 unspecified atom stereocenters. The van der Waals surface area contributed by atoms with Gasteiger partial charge in [0, 0.05) is 58.1 Å². The number of aromatic nitrogens is 4. The van der Waals surface area contributed by atoms with Crippen LogP contribution in [-0.2, 0) is 23.0 Å². The van der Waals surface area contributed by atoms with Gasteiger partial charge in [-0.05, 0) is 72.5 Å². The fourth-order valence-electron chi connectivity index (χ4n) is 7.57. The molecule has 56 heavy (non-hydrogen) atoms. The van der Waals surface area contributed by atoms with E-state index in [1.807, 2.05) is 18.2 Å². The summed E-state index contributed by atoms with van der Waals surface area (Å²) >= 11 is 25.4. The number of hydrogen-bond acceptors (Lipinski definition) is 6. The summed E-state index contributed by atoms with van der Waals surface area (Å²) in [6.07, 6.45) is 5.18. The van der Waals surface area contributed by atoms with Gasteiger partial charge in [0.15, 0.2) is 11.5 Å². The van der Waals surface area contributed by atoms with Crippen molar-refractivity contribution < 1.29 is 22.6 Å². The number of nitrogens with zero attached hydrogens (tertiary/aromatic N) is 4. The Morgan fingerprint density at radius 3 is 1.91 bits per heavy atom. The van der Waals surface area contributed by atoms with Gasteiger partial charge in [-0.1, -0.05) is 96.0 Å². The van der Waals surface area contributed by atoms with E-state index in [0.29, 0.717) is 85.5 Å². The number of carbonyl (C=O) groups excluding carboxylic acids is 2. The first-order valence-corrected chi connectivity index (χ1v) is 21.0. The normalized spacial score (nSPS) is 12.7. The molecule has 0 bridgehead atoms. The first kappa shape index (κ1) is 38.4. The van der Waals surface area contributed by atoms with Crippen molar-refractivity contribution in [3.05, 3.63) is 133 Å². The Bertz CT molecular complexity index is 2690. The highest BCUT2D eigenvalue weighted by molar-refractivity contribution is 7.85. The van der Waals surface area contributed by atoms with Crippen molar-refractivity contribution in [3.8, 4) is 33.9 Å². The quantitative estimate of drug-likeness (QED) is 0.0670. The standard InChI is InChI=1S/C41H33Cl4N5O5S/c42-25-12-15-34(32(44)20-25)49-39-28-9-6-5-8-23(28)18-31(39)38(48-49)41(52)46-17-7-3-1-2-4-10-36(51)37-30-19-24-11-14-27(56(53,54)55)22-29(24)40(30)50(47-37)35-16-13-26(43)21-33(35)45/h5-6,8-9,11-16,20-22H,1-4,7,10,17-19H2,(H,46,52)(H,53,54,55). The Labute approximate surface area is 343 Å². The van der Waals surface area contributed by atoms with Crippen LogP contribution in [0.15, 0.2) is 83.8 Å². The number of fused-ring (bicyclic) bond motifs is 6. The second-order valence-electron chi connectivity index (χ2n) is 13.9. The van der Waals surface area contributed by atoms with E-state index in [9.17, 15) is 22.6 Å². The fourth-order valence-corrected chi connectivity index (χ4v) is 9.06. The molecule has 2 aliphatic carbocycles. The van der Waals surface area contributed by atoms with Crippen molar-refractivity contribution in [2.75, 3.05) is 6.54 Å². The predicted octanol–water partition coefficient (Wildman–Crippen LogP) is 10.0. The number of halogens is 4. The molecular weight excluding hydrogens is 816 g/mol. The summed E-state index contributed by atoms with van der Waals surface area (Å²) in [6, 6.07) is 22.5. The van der Waals surface area contributed by atoms with E-state index in [1.54, 1.807) is 51.8 Å². The summed E-state index contributed by atoms with van der Waals surface area (Å²) in [5.41, 5.74) is 8.22. The van der Waals surface area contributed by atoms with Crippen LogP contribution in [0.1, 0.15) is 81.8 Å². The Kier molecular flexibility index (Phi) is 10.6. The third kappa shape index (κ3) is 7.28. The molecule has 1 amide bonds. The monoisotopic (exact) mass is 847 g/mol. The number of amides is 1. The van der Waals surface area contributed by atoms with Crippen LogP contribution >= 0.6 is 46.4 Å². The largest absolute Gasteiger partial charge is 0.351 e. The lowest BCUT2D eigenvalue weighted by Crippen LogP contribution is -2.26. The lowest BCUT2D eigenvalue weighted by molar-refractivity contribution is 0.0943. The third-order valence-corrected chi connectivity index (χ3v) is 12.2. The molecule has 2 heterocycles. The number of hydrogen-bond donors (Lipinski definition) is 2. The van der Waals surface area contributed by atoms with E-state index in [-0.39, 0.29) is 23.0 Å². The van der Waals surface area contributed by atoms with Gasteiger partial charge in [-0.3, -0.25) is 14.1 Å². The number of rotatable bonds is 13. The van der Waals surface area contributed by atoms with Crippen molar-refractivity contribution in [1.82, 2.24) is 24.9 Å².